The van der Waals surface area contributed by atoms with E-state index >= 15 is 0 Å². The first kappa shape index (κ1) is 17.7. The average Bonchev–Trinajstić information content (AvgIpc) is 2.50. The van der Waals surface area contributed by atoms with Crippen LogP contribution in [0.5, 0.6) is 5.75 Å². The molecule has 0 aliphatic carbocycles. The quantitative estimate of drug-likeness (QED) is 0.811. The molecule has 0 spiro atoms. The zero-order valence-corrected chi connectivity index (χ0v) is 14.7. The molecule has 1 amide bonds. The zero-order chi connectivity index (χ0) is 17.0. The Kier molecular flexibility index (Phi) is 5.64. The maximum absolute atomic E-state index is 12.3. The van der Waals surface area contributed by atoms with Crippen molar-refractivity contribution in [2.75, 3.05) is 13.2 Å². The van der Waals surface area contributed by atoms with E-state index in [0.29, 0.717) is 19.0 Å². The maximum Gasteiger partial charge on any atom is 0.329 e. The van der Waals surface area contributed by atoms with E-state index in [1.54, 1.807) is 13.0 Å². The number of aryl methyl sites for hydroxylation is 1. The van der Waals surface area contributed by atoms with E-state index in [9.17, 15) is 14.7 Å². The van der Waals surface area contributed by atoms with Crippen molar-refractivity contribution in [2.24, 2.45) is 0 Å². The van der Waals surface area contributed by atoms with Crippen LogP contribution in [0.25, 0.3) is 0 Å². The highest BCUT2D eigenvalue weighted by atomic mass is 79.9. The van der Waals surface area contributed by atoms with E-state index in [-0.39, 0.29) is 12.8 Å². The Hall–Kier alpha value is -1.60. The van der Waals surface area contributed by atoms with Crippen LogP contribution < -0.4 is 10.1 Å². The maximum atomic E-state index is 12.3. The van der Waals surface area contributed by atoms with Crippen LogP contribution in [0.4, 0.5) is 0 Å². The molecule has 0 saturated carbocycles. The number of aliphatic carboxylic acids is 1. The molecule has 0 aromatic heterocycles. The minimum absolute atomic E-state index is 0.245. The lowest BCUT2D eigenvalue weighted by molar-refractivity contribution is -0.153. The van der Waals surface area contributed by atoms with Gasteiger partial charge in [-0.15, -0.1) is 0 Å². The number of carbonyl (C=O) groups is 2. The van der Waals surface area contributed by atoms with Crippen LogP contribution in [-0.4, -0.2) is 41.8 Å². The van der Waals surface area contributed by atoms with Gasteiger partial charge in [-0.05, 0) is 47.5 Å². The molecule has 0 radical (unpaired) electrons. The summed E-state index contributed by atoms with van der Waals surface area (Å²) in [5.74, 6) is -0.964. The highest BCUT2D eigenvalue weighted by molar-refractivity contribution is 9.10. The summed E-state index contributed by atoms with van der Waals surface area (Å²) in [6.45, 7) is 4.17. The van der Waals surface area contributed by atoms with Gasteiger partial charge in [0.1, 0.15) is 11.3 Å². The number of ether oxygens (including phenoxy) is 2. The lowest BCUT2D eigenvalue weighted by Gasteiger charge is -2.34. The number of hydrogen-bond donors (Lipinski definition) is 2. The first-order chi connectivity index (χ1) is 10.8. The first-order valence-corrected chi connectivity index (χ1v) is 8.19. The number of amides is 1. The largest absolute Gasteiger partial charge is 0.480 e. The first-order valence-electron chi connectivity index (χ1n) is 7.40. The summed E-state index contributed by atoms with van der Waals surface area (Å²) in [7, 11) is 0. The molecule has 1 atom stereocenters. The van der Waals surface area contributed by atoms with E-state index in [1.807, 2.05) is 19.1 Å². The van der Waals surface area contributed by atoms with Crippen LogP contribution in [0.15, 0.2) is 22.7 Å². The van der Waals surface area contributed by atoms with Crippen LogP contribution >= 0.6 is 15.9 Å². The highest BCUT2D eigenvalue weighted by Gasteiger charge is 2.42. The van der Waals surface area contributed by atoms with Crippen molar-refractivity contribution in [3.8, 4) is 5.75 Å². The number of rotatable bonds is 5. The summed E-state index contributed by atoms with van der Waals surface area (Å²) in [5.41, 5.74) is -0.217. The Morgan fingerprint density at radius 3 is 2.61 bits per heavy atom. The molecule has 2 N–H and O–H groups in total. The van der Waals surface area contributed by atoms with Crippen molar-refractivity contribution >= 4 is 27.8 Å². The molecule has 7 heteroatoms. The van der Waals surface area contributed by atoms with E-state index in [1.165, 1.54) is 0 Å². The third kappa shape index (κ3) is 4.23. The number of nitrogens with one attached hydrogen (secondary N) is 1. The predicted octanol–water partition coefficient (Wildman–Crippen LogP) is 2.27. The van der Waals surface area contributed by atoms with Gasteiger partial charge in [-0.25, -0.2) is 4.79 Å². The minimum atomic E-state index is -1.28. The number of carbonyl (C=O) groups excluding carboxylic acids is 1. The van der Waals surface area contributed by atoms with Crippen molar-refractivity contribution < 1.29 is 24.2 Å². The molecule has 1 aliphatic heterocycles. The number of benzene rings is 1. The molecule has 6 nitrogen and oxygen atoms in total. The summed E-state index contributed by atoms with van der Waals surface area (Å²) in [4.78, 5) is 23.9. The van der Waals surface area contributed by atoms with Gasteiger partial charge in [-0.2, -0.15) is 0 Å². The lowest BCUT2D eigenvalue weighted by Crippen LogP contribution is -2.59. The Morgan fingerprint density at radius 1 is 1.39 bits per heavy atom. The molecule has 126 valence electrons. The lowest BCUT2D eigenvalue weighted by atomic mass is 9.90. The molecule has 1 aromatic rings. The molecule has 1 unspecified atom stereocenters. The Bertz CT molecular complexity index is 598. The van der Waals surface area contributed by atoms with E-state index in [2.05, 4.69) is 21.2 Å². The second-order valence-electron chi connectivity index (χ2n) is 5.68. The molecule has 1 heterocycles. The van der Waals surface area contributed by atoms with Gasteiger partial charge in [0, 0.05) is 26.1 Å². The zero-order valence-electron chi connectivity index (χ0n) is 13.1. The molecule has 1 aliphatic rings. The van der Waals surface area contributed by atoms with E-state index in [4.69, 9.17) is 9.47 Å². The molecular formula is C16H20BrNO5. The van der Waals surface area contributed by atoms with Crippen LogP contribution in [0.1, 0.15) is 25.3 Å². The summed E-state index contributed by atoms with van der Waals surface area (Å²) in [6.07, 6.45) is -0.322. The topological polar surface area (TPSA) is 84.9 Å². The molecular weight excluding hydrogens is 366 g/mol. The van der Waals surface area contributed by atoms with Crippen LogP contribution in [0.3, 0.4) is 0 Å². The van der Waals surface area contributed by atoms with Gasteiger partial charge in [-0.1, -0.05) is 6.07 Å². The van der Waals surface area contributed by atoms with Crippen LogP contribution in [-0.2, 0) is 14.3 Å². The predicted molar refractivity (Wildman–Crippen MR) is 87.5 cm³/mol. The van der Waals surface area contributed by atoms with Gasteiger partial charge in [0.2, 0.25) is 0 Å². The molecule has 2 rings (SSSR count). The average molecular weight is 386 g/mol. The third-order valence-electron chi connectivity index (χ3n) is 3.88. The molecule has 1 fully saturated rings. The summed E-state index contributed by atoms with van der Waals surface area (Å²) >= 11 is 3.39. The Balaban J connectivity index is 2.05. The Morgan fingerprint density at radius 2 is 2.04 bits per heavy atom. The van der Waals surface area contributed by atoms with Gasteiger partial charge in [0.25, 0.3) is 5.91 Å². The fourth-order valence-electron chi connectivity index (χ4n) is 2.40. The summed E-state index contributed by atoms with van der Waals surface area (Å²) < 4.78 is 11.6. The number of carboxylic acids is 1. The van der Waals surface area contributed by atoms with Crippen molar-refractivity contribution in [3.63, 3.8) is 0 Å². The summed E-state index contributed by atoms with van der Waals surface area (Å²) in [5, 5.41) is 12.1. The van der Waals surface area contributed by atoms with E-state index < -0.39 is 23.5 Å². The second kappa shape index (κ2) is 7.31. The fourth-order valence-corrected chi connectivity index (χ4v) is 2.98. The number of carboxylic acid groups (broad SMARTS) is 1. The molecule has 1 saturated heterocycles. The highest BCUT2D eigenvalue weighted by Crippen LogP contribution is 2.27. The van der Waals surface area contributed by atoms with E-state index in [0.717, 1.165) is 10.0 Å². The molecule has 23 heavy (non-hydrogen) atoms. The Labute approximate surface area is 143 Å². The van der Waals surface area contributed by atoms with Gasteiger partial charge < -0.3 is 19.9 Å². The normalized spacial score (nSPS) is 18.0. The van der Waals surface area contributed by atoms with Crippen LogP contribution in [0, 0.1) is 6.92 Å². The van der Waals surface area contributed by atoms with Gasteiger partial charge >= 0.3 is 5.97 Å². The fraction of sp³-hybridized carbons (Fsp3) is 0.500. The van der Waals surface area contributed by atoms with Crippen molar-refractivity contribution in [1.29, 1.82) is 0 Å². The number of halogens is 1. The molecule has 1 aromatic carbocycles. The van der Waals surface area contributed by atoms with Gasteiger partial charge in [0.15, 0.2) is 6.10 Å². The monoisotopic (exact) mass is 385 g/mol. The second-order valence-corrected chi connectivity index (χ2v) is 6.54. The van der Waals surface area contributed by atoms with Crippen molar-refractivity contribution in [1.82, 2.24) is 5.32 Å². The number of hydrogen-bond acceptors (Lipinski definition) is 4. The van der Waals surface area contributed by atoms with Crippen LogP contribution in [0.2, 0.25) is 0 Å². The van der Waals surface area contributed by atoms with Crippen molar-refractivity contribution in [3.05, 3.63) is 28.2 Å². The third-order valence-corrected chi connectivity index (χ3v) is 4.50. The molecule has 0 bridgehead atoms. The van der Waals surface area contributed by atoms with Gasteiger partial charge in [-0.3, -0.25) is 4.79 Å². The SMILES string of the molecule is Cc1ccc(OC(C)C(=O)NC2(C(=O)O)CCOCC2)c(Br)c1. The van der Waals surface area contributed by atoms with Crippen molar-refractivity contribution in [2.45, 2.75) is 38.3 Å². The summed E-state index contributed by atoms with van der Waals surface area (Å²) in [6, 6.07) is 5.53. The smallest absolute Gasteiger partial charge is 0.329 e. The van der Waals surface area contributed by atoms with Gasteiger partial charge in [0.05, 0.1) is 4.47 Å². The minimum Gasteiger partial charge on any atom is -0.480 e. The standard InChI is InChI=1S/C16H20BrNO5/c1-10-3-4-13(12(17)9-10)23-11(2)14(19)18-16(15(20)21)5-7-22-8-6-16/h3-4,9,11H,5-8H2,1-2H3,(H,18,19)(H,20,21).